The van der Waals surface area contributed by atoms with Crippen molar-refractivity contribution in [1.82, 2.24) is 29.9 Å². The zero-order valence-corrected chi connectivity index (χ0v) is 18.1. The molecule has 8 heteroatoms. The second-order valence-electron chi connectivity index (χ2n) is 7.68. The minimum absolute atomic E-state index is 0.201. The van der Waals surface area contributed by atoms with Crippen LogP contribution in [0.5, 0.6) is 0 Å². The fraction of sp³-hybridized carbons (Fsp3) is 0.167. The van der Waals surface area contributed by atoms with Gasteiger partial charge in [-0.1, -0.05) is 48.5 Å². The first kappa shape index (κ1) is 20.1. The molecule has 1 amide bonds. The van der Waals surface area contributed by atoms with Crippen LogP contribution in [0.2, 0.25) is 0 Å². The first-order valence-corrected chi connectivity index (χ1v) is 10.9. The first-order chi connectivity index (χ1) is 15.7. The monoisotopic (exact) mass is 442 g/mol. The maximum atomic E-state index is 12.5. The van der Waals surface area contributed by atoms with E-state index in [1.807, 2.05) is 76.1 Å². The molecule has 4 aromatic rings. The molecule has 2 aromatic carbocycles. The largest absolute Gasteiger partial charge is 0.345 e. The number of nitrogens with zero attached hydrogens (tertiary/aromatic N) is 4. The Balaban J connectivity index is 1.36. The fourth-order valence-corrected chi connectivity index (χ4v) is 3.90. The van der Waals surface area contributed by atoms with Crippen molar-refractivity contribution >= 4 is 24.2 Å². The van der Waals surface area contributed by atoms with Crippen LogP contribution >= 0.6 is 12.2 Å². The zero-order valence-electron chi connectivity index (χ0n) is 17.3. The Labute approximate surface area is 190 Å². The molecule has 2 heterocycles. The van der Waals surface area contributed by atoms with Gasteiger partial charge in [0.1, 0.15) is 0 Å². The van der Waals surface area contributed by atoms with Crippen LogP contribution in [0.4, 0.5) is 0 Å². The summed E-state index contributed by atoms with van der Waals surface area (Å²) < 4.78 is 4.43. The molecule has 1 aliphatic carbocycles. The van der Waals surface area contributed by atoms with E-state index in [0.29, 0.717) is 17.4 Å². The van der Waals surface area contributed by atoms with Gasteiger partial charge in [-0.2, -0.15) is 10.2 Å². The molecular formula is C24H22N6OS. The molecule has 1 saturated carbocycles. The van der Waals surface area contributed by atoms with Crippen LogP contribution in [0.15, 0.2) is 72.9 Å². The molecule has 1 aliphatic rings. The highest BCUT2D eigenvalue weighted by atomic mass is 32.1. The second-order valence-corrected chi connectivity index (χ2v) is 8.06. The number of hydrogen-bond donors (Lipinski definition) is 2. The summed E-state index contributed by atoms with van der Waals surface area (Å²) in [5.41, 5.74) is 3.61. The molecule has 0 bridgehead atoms. The quantitative estimate of drug-likeness (QED) is 0.327. The van der Waals surface area contributed by atoms with Crippen molar-refractivity contribution in [3.05, 3.63) is 89.1 Å². The normalized spacial score (nSPS) is 13.5. The Bertz CT molecular complexity index is 1320. The molecule has 7 nitrogen and oxygen atoms in total. The van der Waals surface area contributed by atoms with Crippen molar-refractivity contribution in [2.75, 3.05) is 0 Å². The van der Waals surface area contributed by atoms with Gasteiger partial charge < -0.3 is 5.32 Å². The van der Waals surface area contributed by atoms with E-state index >= 15 is 0 Å². The predicted octanol–water partition coefficient (Wildman–Crippen LogP) is 4.46. The van der Waals surface area contributed by atoms with Gasteiger partial charge in [0.05, 0.1) is 17.9 Å². The van der Waals surface area contributed by atoms with Crippen molar-refractivity contribution in [2.45, 2.75) is 25.4 Å². The number of H-pyrrole nitrogens is 1. The van der Waals surface area contributed by atoms with Gasteiger partial charge in [-0.15, -0.1) is 0 Å². The summed E-state index contributed by atoms with van der Waals surface area (Å²) in [4.78, 5) is 12.5. The number of amides is 1. The highest BCUT2D eigenvalue weighted by Crippen LogP contribution is 2.35. The third-order valence-corrected chi connectivity index (χ3v) is 5.62. The maximum Gasteiger partial charge on any atom is 0.244 e. The standard InChI is InChI=1S/C24H22N6OS/c31-22(25-15-21-26-27-24(32)30(21)20-12-13-20)14-11-18-16-29(19-9-5-2-6-10-19)28-23(18)17-7-3-1-4-8-17/h1-11,14,16,20H,12-13,15H2,(H,25,31)(H,27,32)/b14-11+. The smallest absolute Gasteiger partial charge is 0.244 e. The maximum absolute atomic E-state index is 12.5. The molecular weight excluding hydrogens is 420 g/mol. The molecule has 0 unspecified atom stereocenters. The highest BCUT2D eigenvalue weighted by molar-refractivity contribution is 7.71. The Kier molecular flexibility index (Phi) is 5.51. The van der Waals surface area contributed by atoms with Gasteiger partial charge in [0.15, 0.2) is 10.6 Å². The van der Waals surface area contributed by atoms with Crippen LogP contribution in [0.3, 0.4) is 0 Å². The molecule has 0 radical (unpaired) electrons. The number of carbonyl (C=O) groups excluding carboxylic acids is 1. The van der Waals surface area contributed by atoms with Gasteiger partial charge in [-0.3, -0.25) is 14.5 Å². The molecule has 0 atom stereocenters. The lowest BCUT2D eigenvalue weighted by Gasteiger charge is -2.05. The molecule has 5 rings (SSSR count). The van der Waals surface area contributed by atoms with Crippen molar-refractivity contribution in [1.29, 1.82) is 0 Å². The van der Waals surface area contributed by atoms with Crippen molar-refractivity contribution in [3.63, 3.8) is 0 Å². The minimum Gasteiger partial charge on any atom is -0.345 e. The Morgan fingerprint density at radius 1 is 1.12 bits per heavy atom. The van der Waals surface area contributed by atoms with Crippen molar-refractivity contribution in [3.8, 4) is 16.9 Å². The van der Waals surface area contributed by atoms with Gasteiger partial charge >= 0.3 is 0 Å². The van der Waals surface area contributed by atoms with E-state index in [1.165, 1.54) is 6.08 Å². The van der Waals surface area contributed by atoms with Gasteiger partial charge in [0.2, 0.25) is 5.91 Å². The predicted molar refractivity (Wildman–Crippen MR) is 126 cm³/mol. The number of rotatable bonds is 7. The van der Waals surface area contributed by atoms with E-state index < -0.39 is 0 Å². The summed E-state index contributed by atoms with van der Waals surface area (Å²) in [6.07, 6.45) is 7.45. The van der Waals surface area contributed by atoms with Crippen molar-refractivity contribution < 1.29 is 4.79 Å². The van der Waals surface area contributed by atoms with E-state index in [4.69, 9.17) is 17.3 Å². The second kappa shape index (κ2) is 8.76. The highest BCUT2D eigenvalue weighted by Gasteiger charge is 2.27. The molecule has 0 saturated heterocycles. The molecule has 160 valence electrons. The Hall–Kier alpha value is -3.78. The van der Waals surface area contributed by atoms with Gasteiger partial charge in [0, 0.05) is 29.4 Å². The molecule has 32 heavy (non-hydrogen) atoms. The number of hydrogen-bond acceptors (Lipinski definition) is 4. The van der Waals surface area contributed by atoms with Gasteiger partial charge in [-0.05, 0) is 43.3 Å². The lowest BCUT2D eigenvalue weighted by Crippen LogP contribution is -2.22. The molecule has 0 aliphatic heterocycles. The summed E-state index contributed by atoms with van der Waals surface area (Å²) >= 11 is 5.30. The summed E-state index contributed by atoms with van der Waals surface area (Å²) in [5, 5.41) is 14.7. The molecule has 2 N–H and O–H groups in total. The minimum atomic E-state index is -0.201. The average molecular weight is 443 g/mol. The zero-order chi connectivity index (χ0) is 21.9. The van der Waals surface area contributed by atoms with Crippen LogP contribution in [-0.4, -0.2) is 30.5 Å². The SMILES string of the molecule is O=C(/C=C/c1cn(-c2ccccc2)nc1-c1ccccc1)NCc1n[nH]c(=S)n1C1CC1. The van der Waals surface area contributed by atoms with Crippen molar-refractivity contribution in [2.24, 2.45) is 0 Å². The third-order valence-electron chi connectivity index (χ3n) is 5.34. The Morgan fingerprint density at radius 2 is 1.84 bits per heavy atom. The van der Waals surface area contributed by atoms with Crippen LogP contribution in [0, 0.1) is 4.77 Å². The van der Waals surface area contributed by atoms with E-state index in [2.05, 4.69) is 15.5 Å². The average Bonchev–Trinajstić information content (AvgIpc) is 3.46. The number of nitrogens with one attached hydrogen (secondary N) is 2. The summed E-state index contributed by atoms with van der Waals surface area (Å²) in [7, 11) is 0. The van der Waals surface area contributed by atoms with Crippen LogP contribution < -0.4 is 5.32 Å². The fourth-order valence-electron chi connectivity index (χ4n) is 3.60. The summed E-state index contributed by atoms with van der Waals surface area (Å²) in [5.74, 6) is 0.550. The first-order valence-electron chi connectivity index (χ1n) is 10.5. The number of aromatic amines is 1. The number of para-hydroxylation sites is 1. The van der Waals surface area contributed by atoms with Crippen LogP contribution in [0.25, 0.3) is 23.0 Å². The van der Waals surface area contributed by atoms with Crippen LogP contribution in [0.1, 0.15) is 30.3 Å². The van der Waals surface area contributed by atoms with Crippen LogP contribution in [-0.2, 0) is 11.3 Å². The molecule has 1 fully saturated rings. The third kappa shape index (κ3) is 4.31. The van der Waals surface area contributed by atoms with Gasteiger partial charge in [0.25, 0.3) is 0 Å². The summed E-state index contributed by atoms with van der Waals surface area (Å²) in [6, 6.07) is 20.2. The number of carbonyl (C=O) groups is 1. The molecule has 2 aromatic heterocycles. The lowest BCUT2D eigenvalue weighted by atomic mass is 10.1. The van der Waals surface area contributed by atoms with Gasteiger partial charge in [-0.25, -0.2) is 4.68 Å². The lowest BCUT2D eigenvalue weighted by molar-refractivity contribution is -0.116. The number of aromatic nitrogens is 5. The van der Waals surface area contributed by atoms with E-state index in [9.17, 15) is 4.79 Å². The Morgan fingerprint density at radius 3 is 2.56 bits per heavy atom. The number of benzene rings is 2. The summed E-state index contributed by atoms with van der Waals surface area (Å²) in [6.45, 7) is 0.321. The topological polar surface area (TPSA) is 80.5 Å². The van der Waals surface area contributed by atoms with E-state index in [-0.39, 0.29) is 5.91 Å². The van der Waals surface area contributed by atoms with E-state index in [0.717, 1.165) is 41.2 Å². The molecule has 0 spiro atoms. The van der Waals surface area contributed by atoms with E-state index in [1.54, 1.807) is 6.08 Å².